The second-order valence-electron chi connectivity index (χ2n) is 5.22. The van der Waals surface area contributed by atoms with Gasteiger partial charge in [-0.3, -0.25) is 0 Å². The van der Waals surface area contributed by atoms with Crippen LogP contribution in [0, 0.1) is 6.92 Å². The molecule has 1 N–H and O–H groups in total. The van der Waals surface area contributed by atoms with Crippen LogP contribution in [0.5, 0.6) is 5.75 Å². The zero-order valence-electron chi connectivity index (χ0n) is 12.6. The first-order valence-corrected chi connectivity index (χ1v) is 7.79. The van der Waals surface area contributed by atoms with Gasteiger partial charge < -0.3 is 10.1 Å². The number of nitrogens with zero attached hydrogens (tertiary/aromatic N) is 1. The molecular formula is C16H22N2OS. The van der Waals surface area contributed by atoms with Gasteiger partial charge in [-0.05, 0) is 43.1 Å². The molecule has 1 aromatic carbocycles. The summed E-state index contributed by atoms with van der Waals surface area (Å²) in [6.07, 6.45) is 0. The Kier molecular flexibility index (Phi) is 5.15. The van der Waals surface area contributed by atoms with E-state index >= 15 is 0 Å². The smallest absolute Gasteiger partial charge is 0.131 e. The fourth-order valence-electron chi connectivity index (χ4n) is 2.19. The van der Waals surface area contributed by atoms with Crippen LogP contribution in [0.1, 0.15) is 41.6 Å². The highest BCUT2D eigenvalue weighted by Crippen LogP contribution is 2.24. The highest BCUT2D eigenvalue weighted by atomic mass is 32.1. The van der Waals surface area contributed by atoms with Crippen LogP contribution in [0.3, 0.4) is 0 Å². The number of nitrogens with one attached hydrogen (secondary N) is 1. The van der Waals surface area contributed by atoms with Gasteiger partial charge in [0.15, 0.2) is 0 Å². The van der Waals surface area contributed by atoms with Crippen molar-refractivity contribution in [1.82, 2.24) is 10.3 Å². The predicted molar refractivity (Wildman–Crippen MR) is 84.5 cm³/mol. The van der Waals surface area contributed by atoms with E-state index in [0.29, 0.717) is 12.5 Å². The lowest BCUT2D eigenvalue weighted by Crippen LogP contribution is -2.05. The van der Waals surface area contributed by atoms with Crippen LogP contribution in [0.15, 0.2) is 23.6 Å². The standard InChI is InChI=1S/C16H22N2OS/c1-11(2)15-6-5-14(7-12(15)3)19-9-13-10-20-16(18-13)8-17-4/h5-7,10-11,17H,8-9H2,1-4H3. The van der Waals surface area contributed by atoms with Crippen LogP contribution >= 0.6 is 11.3 Å². The van der Waals surface area contributed by atoms with Crippen LogP contribution in [-0.4, -0.2) is 12.0 Å². The maximum Gasteiger partial charge on any atom is 0.131 e. The van der Waals surface area contributed by atoms with E-state index in [1.165, 1.54) is 11.1 Å². The minimum Gasteiger partial charge on any atom is -0.487 e. The molecular weight excluding hydrogens is 268 g/mol. The summed E-state index contributed by atoms with van der Waals surface area (Å²) in [5.74, 6) is 1.46. The van der Waals surface area contributed by atoms with Gasteiger partial charge in [-0.2, -0.15) is 0 Å². The number of aromatic nitrogens is 1. The lowest BCUT2D eigenvalue weighted by atomic mass is 9.98. The Labute approximate surface area is 125 Å². The van der Waals surface area contributed by atoms with Crippen molar-refractivity contribution in [3.63, 3.8) is 0 Å². The molecule has 0 bridgehead atoms. The van der Waals surface area contributed by atoms with Crippen LogP contribution in [0.2, 0.25) is 0 Å². The molecule has 4 heteroatoms. The molecule has 20 heavy (non-hydrogen) atoms. The summed E-state index contributed by atoms with van der Waals surface area (Å²) in [6, 6.07) is 6.31. The molecule has 0 unspecified atom stereocenters. The Bertz CT molecular complexity index is 563. The molecule has 1 aromatic heterocycles. The quantitative estimate of drug-likeness (QED) is 0.877. The summed E-state index contributed by atoms with van der Waals surface area (Å²) in [5.41, 5.74) is 3.65. The van der Waals surface area contributed by atoms with Crippen molar-refractivity contribution in [2.75, 3.05) is 7.05 Å². The third kappa shape index (κ3) is 3.81. The van der Waals surface area contributed by atoms with E-state index in [0.717, 1.165) is 23.0 Å². The molecule has 0 saturated carbocycles. The molecule has 0 saturated heterocycles. The lowest BCUT2D eigenvalue weighted by molar-refractivity contribution is 0.301. The molecule has 0 fully saturated rings. The second kappa shape index (κ2) is 6.86. The molecule has 0 aliphatic carbocycles. The summed E-state index contributed by atoms with van der Waals surface area (Å²) in [5, 5.41) is 6.25. The Morgan fingerprint density at radius 2 is 2.15 bits per heavy atom. The van der Waals surface area contributed by atoms with Gasteiger partial charge in [0.05, 0.1) is 5.69 Å². The summed E-state index contributed by atoms with van der Waals surface area (Å²) >= 11 is 1.67. The zero-order chi connectivity index (χ0) is 14.5. The van der Waals surface area contributed by atoms with E-state index < -0.39 is 0 Å². The van der Waals surface area contributed by atoms with E-state index in [2.05, 4.69) is 48.6 Å². The van der Waals surface area contributed by atoms with Crippen LogP contribution in [0.4, 0.5) is 0 Å². The Balaban J connectivity index is 1.98. The normalized spacial score (nSPS) is 11.1. The molecule has 0 amide bonds. The van der Waals surface area contributed by atoms with Crippen LogP contribution in [-0.2, 0) is 13.2 Å². The van der Waals surface area contributed by atoms with Crippen molar-refractivity contribution < 1.29 is 4.74 Å². The third-order valence-electron chi connectivity index (χ3n) is 3.18. The molecule has 0 spiro atoms. The second-order valence-corrected chi connectivity index (χ2v) is 6.17. The van der Waals surface area contributed by atoms with E-state index in [-0.39, 0.29) is 0 Å². The maximum absolute atomic E-state index is 5.82. The van der Waals surface area contributed by atoms with Gasteiger partial charge >= 0.3 is 0 Å². The van der Waals surface area contributed by atoms with Crippen molar-refractivity contribution in [2.24, 2.45) is 0 Å². The molecule has 2 aromatic rings. The first-order chi connectivity index (χ1) is 9.60. The lowest BCUT2D eigenvalue weighted by Gasteiger charge is -2.12. The average Bonchev–Trinajstić information content (AvgIpc) is 2.84. The van der Waals surface area contributed by atoms with E-state index in [1.807, 2.05) is 13.1 Å². The minimum absolute atomic E-state index is 0.528. The first kappa shape index (κ1) is 15.0. The summed E-state index contributed by atoms with van der Waals surface area (Å²) in [4.78, 5) is 4.51. The number of hydrogen-bond donors (Lipinski definition) is 1. The molecule has 108 valence electrons. The predicted octanol–water partition coefficient (Wildman–Crippen LogP) is 3.87. The van der Waals surface area contributed by atoms with E-state index in [1.54, 1.807) is 11.3 Å². The number of rotatable bonds is 6. The van der Waals surface area contributed by atoms with Crippen LogP contribution < -0.4 is 10.1 Å². The highest BCUT2D eigenvalue weighted by molar-refractivity contribution is 7.09. The maximum atomic E-state index is 5.82. The monoisotopic (exact) mass is 290 g/mol. The van der Waals surface area contributed by atoms with Crippen molar-refractivity contribution in [3.8, 4) is 5.75 Å². The fraction of sp³-hybridized carbons (Fsp3) is 0.438. The molecule has 0 radical (unpaired) electrons. The van der Waals surface area contributed by atoms with Crippen molar-refractivity contribution in [1.29, 1.82) is 0 Å². The van der Waals surface area contributed by atoms with Gasteiger partial charge in [-0.1, -0.05) is 19.9 Å². The Morgan fingerprint density at radius 1 is 1.35 bits per heavy atom. The molecule has 0 aliphatic rings. The SMILES string of the molecule is CNCc1nc(COc2ccc(C(C)C)c(C)c2)cs1. The number of benzene rings is 1. The molecule has 3 nitrogen and oxygen atoms in total. The number of aryl methyl sites for hydroxylation is 1. The van der Waals surface area contributed by atoms with Gasteiger partial charge in [-0.25, -0.2) is 4.98 Å². The largest absolute Gasteiger partial charge is 0.487 e. The van der Waals surface area contributed by atoms with Crippen molar-refractivity contribution in [3.05, 3.63) is 45.4 Å². The number of thiazole rings is 1. The van der Waals surface area contributed by atoms with E-state index in [9.17, 15) is 0 Å². The van der Waals surface area contributed by atoms with Gasteiger partial charge in [0.25, 0.3) is 0 Å². The molecule has 0 atom stereocenters. The molecule has 2 rings (SSSR count). The highest BCUT2D eigenvalue weighted by Gasteiger charge is 2.06. The Hall–Kier alpha value is -1.39. The van der Waals surface area contributed by atoms with Gasteiger partial charge in [0.1, 0.15) is 17.4 Å². The van der Waals surface area contributed by atoms with Crippen molar-refractivity contribution in [2.45, 2.75) is 39.8 Å². The third-order valence-corrected chi connectivity index (χ3v) is 4.07. The fourth-order valence-corrected chi connectivity index (χ4v) is 2.98. The zero-order valence-corrected chi connectivity index (χ0v) is 13.4. The first-order valence-electron chi connectivity index (χ1n) is 6.91. The summed E-state index contributed by atoms with van der Waals surface area (Å²) in [7, 11) is 1.93. The summed E-state index contributed by atoms with van der Waals surface area (Å²) < 4.78 is 5.82. The molecule has 1 heterocycles. The topological polar surface area (TPSA) is 34.2 Å². The summed E-state index contributed by atoms with van der Waals surface area (Å²) in [6.45, 7) is 7.90. The van der Waals surface area contributed by atoms with Crippen molar-refractivity contribution >= 4 is 11.3 Å². The molecule has 0 aliphatic heterocycles. The Morgan fingerprint density at radius 3 is 2.80 bits per heavy atom. The van der Waals surface area contributed by atoms with Gasteiger partial charge in [0.2, 0.25) is 0 Å². The minimum atomic E-state index is 0.528. The van der Waals surface area contributed by atoms with E-state index in [4.69, 9.17) is 4.74 Å². The average molecular weight is 290 g/mol. The van der Waals surface area contributed by atoms with Gasteiger partial charge in [0, 0.05) is 11.9 Å². The van der Waals surface area contributed by atoms with Crippen LogP contribution in [0.25, 0.3) is 0 Å². The number of hydrogen-bond acceptors (Lipinski definition) is 4. The number of ether oxygens (including phenoxy) is 1. The van der Waals surface area contributed by atoms with Gasteiger partial charge in [-0.15, -0.1) is 11.3 Å².